The summed E-state index contributed by atoms with van der Waals surface area (Å²) in [6.45, 7) is 1.76. The van der Waals surface area contributed by atoms with Crippen LogP contribution in [0.5, 0.6) is 5.75 Å². The summed E-state index contributed by atoms with van der Waals surface area (Å²) in [5.74, 6) is -0.0167. The van der Waals surface area contributed by atoms with Gasteiger partial charge in [-0.15, -0.1) is 0 Å². The van der Waals surface area contributed by atoms with Gasteiger partial charge in [0.1, 0.15) is 5.76 Å². The highest BCUT2D eigenvalue weighted by molar-refractivity contribution is 5.55. The van der Waals surface area contributed by atoms with Gasteiger partial charge >= 0.3 is 0 Å². The van der Waals surface area contributed by atoms with Gasteiger partial charge in [0.25, 0.3) is 0 Å². The second kappa shape index (κ2) is 3.14. The molecule has 2 aromatic rings. The van der Waals surface area contributed by atoms with Crippen molar-refractivity contribution < 1.29 is 13.9 Å². The molecule has 0 unspecified atom stereocenters. The third-order valence-electron chi connectivity index (χ3n) is 1.81. The molecule has 72 valence electrons. The second-order valence-corrected chi connectivity index (χ2v) is 2.94. The molecule has 0 aliphatic rings. The van der Waals surface area contributed by atoms with Gasteiger partial charge in [0, 0.05) is 5.56 Å². The van der Waals surface area contributed by atoms with Gasteiger partial charge in [-0.05, 0) is 25.1 Å². The SMILES string of the molecule is Cc1cnc(-c2ccc(F)c(O)c2)o1. The first-order valence-corrected chi connectivity index (χ1v) is 4.08. The molecule has 1 heterocycles. The Bertz CT molecular complexity index is 465. The van der Waals surface area contributed by atoms with Crippen LogP contribution in [0.25, 0.3) is 11.5 Å². The van der Waals surface area contributed by atoms with Crippen LogP contribution in [0.4, 0.5) is 4.39 Å². The zero-order chi connectivity index (χ0) is 10.1. The van der Waals surface area contributed by atoms with Crippen LogP contribution >= 0.6 is 0 Å². The summed E-state index contributed by atoms with van der Waals surface area (Å²) in [6, 6.07) is 3.95. The molecule has 1 aromatic carbocycles. The van der Waals surface area contributed by atoms with Crippen molar-refractivity contribution in [3.8, 4) is 17.2 Å². The average molecular weight is 193 g/mol. The standard InChI is InChI=1S/C10H8FNO2/c1-6-5-12-10(14-6)7-2-3-8(11)9(13)4-7/h2-5,13H,1H3. The Labute approximate surface area is 79.8 Å². The average Bonchev–Trinajstić information content (AvgIpc) is 2.57. The van der Waals surface area contributed by atoms with Crippen LogP contribution in [0.15, 0.2) is 28.8 Å². The third-order valence-corrected chi connectivity index (χ3v) is 1.81. The van der Waals surface area contributed by atoms with Crippen molar-refractivity contribution in [2.24, 2.45) is 0 Å². The first-order chi connectivity index (χ1) is 6.66. The van der Waals surface area contributed by atoms with Crippen LogP contribution in [-0.4, -0.2) is 10.1 Å². The van der Waals surface area contributed by atoms with Crippen molar-refractivity contribution in [2.45, 2.75) is 6.92 Å². The molecule has 4 heteroatoms. The van der Waals surface area contributed by atoms with E-state index in [1.54, 1.807) is 13.1 Å². The first kappa shape index (κ1) is 8.74. The molecular weight excluding hydrogens is 185 g/mol. The van der Waals surface area contributed by atoms with E-state index < -0.39 is 11.6 Å². The lowest BCUT2D eigenvalue weighted by Gasteiger charge is -1.97. The number of rotatable bonds is 1. The second-order valence-electron chi connectivity index (χ2n) is 2.94. The Morgan fingerprint density at radius 1 is 1.43 bits per heavy atom. The molecule has 0 spiro atoms. The number of hydrogen-bond acceptors (Lipinski definition) is 3. The smallest absolute Gasteiger partial charge is 0.226 e. The monoisotopic (exact) mass is 193 g/mol. The van der Waals surface area contributed by atoms with Crippen molar-refractivity contribution in [3.63, 3.8) is 0 Å². The van der Waals surface area contributed by atoms with Gasteiger partial charge in [0.15, 0.2) is 11.6 Å². The lowest BCUT2D eigenvalue weighted by atomic mass is 10.2. The van der Waals surface area contributed by atoms with E-state index in [9.17, 15) is 4.39 Å². The van der Waals surface area contributed by atoms with Crippen molar-refractivity contribution in [1.82, 2.24) is 4.98 Å². The van der Waals surface area contributed by atoms with Crippen molar-refractivity contribution in [2.75, 3.05) is 0 Å². The molecular formula is C10H8FNO2. The van der Waals surface area contributed by atoms with E-state index in [0.717, 1.165) is 0 Å². The molecule has 0 fully saturated rings. The van der Waals surface area contributed by atoms with E-state index in [2.05, 4.69) is 4.98 Å². The quantitative estimate of drug-likeness (QED) is 0.756. The molecule has 0 amide bonds. The van der Waals surface area contributed by atoms with E-state index in [1.165, 1.54) is 18.2 Å². The highest BCUT2D eigenvalue weighted by Crippen LogP contribution is 2.24. The summed E-state index contributed by atoms with van der Waals surface area (Å²) in [5, 5.41) is 9.12. The summed E-state index contributed by atoms with van der Waals surface area (Å²) in [5.41, 5.74) is 0.553. The van der Waals surface area contributed by atoms with Crippen LogP contribution < -0.4 is 0 Å². The van der Waals surface area contributed by atoms with Crippen LogP contribution in [0, 0.1) is 12.7 Å². The van der Waals surface area contributed by atoms with Crippen LogP contribution in [0.1, 0.15) is 5.76 Å². The molecule has 0 radical (unpaired) electrons. The van der Waals surface area contributed by atoms with Crippen LogP contribution in [0.2, 0.25) is 0 Å². The van der Waals surface area contributed by atoms with Crippen molar-refractivity contribution in [1.29, 1.82) is 0 Å². The molecule has 14 heavy (non-hydrogen) atoms. The van der Waals surface area contributed by atoms with E-state index in [1.807, 2.05) is 0 Å². The third kappa shape index (κ3) is 1.46. The zero-order valence-corrected chi connectivity index (χ0v) is 7.49. The zero-order valence-electron chi connectivity index (χ0n) is 7.49. The van der Waals surface area contributed by atoms with E-state index >= 15 is 0 Å². The maximum Gasteiger partial charge on any atom is 0.226 e. The molecule has 0 saturated carbocycles. The number of aromatic hydroxyl groups is 1. The molecule has 2 rings (SSSR count). The highest BCUT2D eigenvalue weighted by Gasteiger charge is 2.07. The first-order valence-electron chi connectivity index (χ1n) is 4.08. The molecule has 1 aromatic heterocycles. The minimum atomic E-state index is -0.656. The number of oxazole rings is 1. The Morgan fingerprint density at radius 3 is 2.79 bits per heavy atom. The Morgan fingerprint density at radius 2 is 2.21 bits per heavy atom. The lowest BCUT2D eigenvalue weighted by molar-refractivity contribution is 0.432. The number of phenols is 1. The maximum absolute atomic E-state index is 12.7. The Hall–Kier alpha value is -1.84. The summed E-state index contributed by atoms with van der Waals surface area (Å²) in [6.07, 6.45) is 1.57. The highest BCUT2D eigenvalue weighted by atomic mass is 19.1. The molecule has 0 atom stereocenters. The van der Waals surface area contributed by atoms with Crippen molar-refractivity contribution in [3.05, 3.63) is 36.0 Å². The normalized spacial score (nSPS) is 10.4. The topological polar surface area (TPSA) is 46.3 Å². The molecule has 0 aliphatic carbocycles. The minimum Gasteiger partial charge on any atom is -0.505 e. The Kier molecular flexibility index (Phi) is 1.96. The Balaban J connectivity index is 2.47. The number of nitrogens with zero attached hydrogens (tertiary/aromatic N) is 1. The molecule has 0 aliphatic heterocycles. The number of hydrogen-bond donors (Lipinski definition) is 1. The van der Waals surface area contributed by atoms with Gasteiger partial charge in [-0.2, -0.15) is 0 Å². The fraction of sp³-hybridized carbons (Fsp3) is 0.100. The number of halogens is 1. The fourth-order valence-corrected chi connectivity index (χ4v) is 1.13. The maximum atomic E-state index is 12.7. The van der Waals surface area contributed by atoms with Gasteiger partial charge in [-0.3, -0.25) is 0 Å². The summed E-state index contributed by atoms with van der Waals surface area (Å²) in [7, 11) is 0. The summed E-state index contributed by atoms with van der Waals surface area (Å²) < 4.78 is 17.9. The minimum absolute atomic E-state index is 0.373. The number of phenolic OH excluding ortho intramolecular Hbond substituents is 1. The van der Waals surface area contributed by atoms with E-state index in [4.69, 9.17) is 9.52 Å². The van der Waals surface area contributed by atoms with Crippen LogP contribution in [0.3, 0.4) is 0 Å². The molecule has 1 N–H and O–H groups in total. The van der Waals surface area contributed by atoms with Gasteiger partial charge in [-0.25, -0.2) is 9.37 Å². The molecule has 0 bridgehead atoms. The predicted octanol–water partition coefficient (Wildman–Crippen LogP) is 2.49. The van der Waals surface area contributed by atoms with Crippen molar-refractivity contribution >= 4 is 0 Å². The number of aromatic nitrogens is 1. The van der Waals surface area contributed by atoms with Gasteiger partial charge in [0.2, 0.25) is 5.89 Å². The molecule has 0 saturated heterocycles. The van der Waals surface area contributed by atoms with Gasteiger partial charge in [0.05, 0.1) is 6.20 Å². The summed E-state index contributed by atoms with van der Waals surface area (Å²) >= 11 is 0. The molecule has 3 nitrogen and oxygen atoms in total. The van der Waals surface area contributed by atoms with E-state index in [-0.39, 0.29) is 0 Å². The van der Waals surface area contributed by atoms with Gasteiger partial charge < -0.3 is 9.52 Å². The van der Waals surface area contributed by atoms with Gasteiger partial charge in [-0.1, -0.05) is 0 Å². The summed E-state index contributed by atoms with van der Waals surface area (Å²) in [4.78, 5) is 3.96. The predicted molar refractivity (Wildman–Crippen MR) is 48.3 cm³/mol. The fourth-order valence-electron chi connectivity index (χ4n) is 1.13. The van der Waals surface area contributed by atoms with E-state index in [0.29, 0.717) is 17.2 Å². The number of aryl methyl sites for hydroxylation is 1. The largest absolute Gasteiger partial charge is 0.505 e. The number of benzene rings is 1. The lowest BCUT2D eigenvalue weighted by Crippen LogP contribution is -1.80. The van der Waals surface area contributed by atoms with Crippen LogP contribution in [-0.2, 0) is 0 Å².